The highest BCUT2D eigenvalue weighted by atomic mass is 16.5. The summed E-state index contributed by atoms with van der Waals surface area (Å²) in [6, 6.07) is 29.7. The largest absolute Gasteiger partial charge is 0.491 e. The first-order valence-electron chi connectivity index (χ1n) is 11.1. The van der Waals surface area contributed by atoms with Gasteiger partial charge in [-0.05, 0) is 30.2 Å². The molecule has 0 bridgehead atoms. The Labute approximate surface area is 185 Å². The molecule has 0 saturated carbocycles. The average Bonchev–Trinajstić information content (AvgIpc) is 2.81. The van der Waals surface area contributed by atoms with E-state index >= 15 is 0 Å². The van der Waals surface area contributed by atoms with Crippen LogP contribution in [0.15, 0.2) is 84.9 Å². The van der Waals surface area contributed by atoms with Crippen molar-refractivity contribution in [2.75, 3.05) is 39.3 Å². The predicted octanol–water partition coefficient (Wildman–Crippen LogP) is 4.14. The fourth-order valence-electron chi connectivity index (χ4n) is 4.27. The molecular formula is C27H32N2O2. The summed E-state index contributed by atoms with van der Waals surface area (Å²) in [6.07, 6.45) is -0.494. The van der Waals surface area contributed by atoms with E-state index in [1.807, 2.05) is 24.3 Å². The van der Waals surface area contributed by atoms with Gasteiger partial charge in [0.05, 0.1) is 6.04 Å². The lowest BCUT2D eigenvalue weighted by Gasteiger charge is -2.40. The van der Waals surface area contributed by atoms with E-state index in [0.29, 0.717) is 13.2 Å². The quantitative estimate of drug-likeness (QED) is 0.599. The Balaban J connectivity index is 1.32. The second-order valence-corrected chi connectivity index (χ2v) is 8.34. The summed E-state index contributed by atoms with van der Waals surface area (Å²) in [5, 5.41) is 10.5. The molecule has 1 heterocycles. The van der Waals surface area contributed by atoms with Gasteiger partial charge in [0.2, 0.25) is 0 Å². The second kappa shape index (κ2) is 10.6. The van der Waals surface area contributed by atoms with Crippen LogP contribution in [0.3, 0.4) is 0 Å². The van der Waals surface area contributed by atoms with Crippen molar-refractivity contribution in [1.82, 2.24) is 9.80 Å². The second-order valence-electron chi connectivity index (χ2n) is 8.34. The molecule has 0 amide bonds. The van der Waals surface area contributed by atoms with Crippen LogP contribution >= 0.6 is 0 Å². The number of nitrogens with zero attached hydrogens (tertiary/aromatic N) is 2. The Hall–Kier alpha value is -2.66. The number of piperazine rings is 1. The summed E-state index contributed by atoms with van der Waals surface area (Å²) in [6.45, 7) is 6.84. The molecule has 1 saturated heterocycles. The highest BCUT2D eigenvalue weighted by Gasteiger charge is 2.27. The van der Waals surface area contributed by atoms with Gasteiger partial charge >= 0.3 is 0 Å². The van der Waals surface area contributed by atoms with Gasteiger partial charge in [0.1, 0.15) is 18.5 Å². The van der Waals surface area contributed by atoms with Gasteiger partial charge in [0.25, 0.3) is 0 Å². The van der Waals surface area contributed by atoms with E-state index in [1.54, 1.807) is 0 Å². The maximum absolute atomic E-state index is 10.5. The first-order chi connectivity index (χ1) is 15.2. The van der Waals surface area contributed by atoms with Crippen molar-refractivity contribution >= 4 is 0 Å². The molecule has 3 aromatic carbocycles. The zero-order valence-electron chi connectivity index (χ0n) is 18.2. The first kappa shape index (κ1) is 21.6. The van der Waals surface area contributed by atoms with Gasteiger partial charge in [0.15, 0.2) is 0 Å². The number of ether oxygens (including phenoxy) is 1. The number of aliphatic hydroxyl groups excluding tert-OH is 1. The molecule has 4 rings (SSSR count). The van der Waals surface area contributed by atoms with E-state index in [9.17, 15) is 5.11 Å². The van der Waals surface area contributed by atoms with Crippen LogP contribution in [-0.4, -0.2) is 60.3 Å². The molecule has 4 nitrogen and oxygen atoms in total. The van der Waals surface area contributed by atoms with Crippen molar-refractivity contribution in [3.63, 3.8) is 0 Å². The molecule has 3 aromatic rings. The summed E-state index contributed by atoms with van der Waals surface area (Å²) in [5.41, 5.74) is 3.86. The lowest BCUT2D eigenvalue weighted by molar-refractivity contribution is 0.0401. The van der Waals surface area contributed by atoms with E-state index < -0.39 is 6.10 Å². The van der Waals surface area contributed by atoms with E-state index in [-0.39, 0.29) is 6.04 Å². The van der Waals surface area contributed by atoms with Gasteiger partial charge in [-0.25, -0.2) is 0 Å². The summed E-state index contributed by atoms with van der Waals surface area (Å²) >= 11 is 0. The number of benzene rings is 3. The molecule has 31 heavy (non-hydrogen) atoms. The molecule has 0 aliphatic carbocycles. The zero-order chi connectivity index (χ0) is 21.5. The minimum Gasteiger partial charge on any atom is -0.491 e. The van der Waals surface area contributed by atoms with Crippen LogP contribution in [0.1, 0.15) is 22.7 Å². The fraction of sp³-hybridized carbons (Fsp3) is 0.333. The standard InChI is InChI=1S/C27H32N2O2/c1-22-12-14-26(15-13-22)31-21-25(30)20-28-16-18-29(19-17-28)27(23-8-4-2-5-9-23)24-10-6-3-7-11-24/h2-15,25,27,30H,16-21H2,1H3. The number of aliphatic hydroxyl groups is 1. The monoisotopic (exact) mass is 416 g/mol. The highest BCUT2D eigenvalue weighted by Crippen LogP contribution is 2.29. The van der Waals surface area contributed by atoms with Gasteiger partial charge in [-0.15, -0.1) is 0 Å². The molecule has 0 spiro atoms. The van der Waals surface area contributed by atoms with E-state index in [4.69, 9.17) is 4.74 Å². The Morgan fingerprint density at radius 1 is 0.774 bits per heavy atom. The van der Waals surface area contributed by atoms with Crippen LogP contribution in [-0.2, 0) is 0 Å². The lowest BCUT2D eigenvalue weighted by atomic mass is 9.96. The molecule has 1 unspecified atom stereocenters. The van der Waals surface area contributed by atoms with Crippen LogP contribution in [0, 0.1) is 6.92 Å². The number of aryl methyl sites for hydroxylation is 1. The summed E-state index contributed by atoms with van der Waals surface area (Å²) in [5.74, 6) is 0.808. The Morgan fingerprint density at radius 3 is 1.87 bits per heavy atom. The third-order valence-electron chi connectivity index (χ3n) is 5.93. The first-order valence-corrected chi connectivity index (χ1v) is 11.1. The highest BCUT2D eigenvalue weighted by molar-refractivity contribution is 5.32. The molecule has 1 aliphatic heterocycles. The summed E-state index contributed by atoms with van der Waals surface area (Å²) in [4.78, 5) is 4.89. The lowest BCUT2D eigenvalue weighted by Crippen LogP contribution is -2.50. The van der Waals surface area contributed by atoms with E-state index in [2.05, 4.69) is 77.4 Å². The minimum absolute atomic E-state index is 0.263. The minimum atomic E-state index is -0.494. The molecule has 1 fully saturated rings. The van der Waals surface area contributed by atoms with Gasteiger partial charge in [-0.2, -0.15) is 0 Å². The van der Waals surface area contributed by atoms with Crippen molar-refractivity contribution in [3.05, 3.63) is 102 Å². The van der Waals surface area contributed by atoms with Crippen LogP contribution in [0.5, 0.6) is 5.75 Å². The molecule has 0 radical (unpaired) electrons. The van der Waals surface area contributed by atoms with Crippen molar-refractivity contribution in [3.8, 4) is 5.75 Å². The zero-order valence-corrected chi connectivity index (χ0v) is 18.2. The number of hydrogen-bond acceptors (Lipinski definition) is 4. The van der Waals surface area contributed by atoms with Crippen LogP contribution < -0.4 is 4.74 Å². The van der Waals surface area contributed by atoms with Crippen LogP contribution in [0.4, 0.5) is 0 Å². The molecule has 1 aliphatic rings. The maximum Gasteiger partial charge on any atom is 0.119 e. The number of β-amino-alcohol motifs (C(OH)–C–C–N with tert-alkyl or cyclic N) is 1. The van der Waals surface area contributed by atoms with Crippen molar-refractivity contribution in [2.24, 2.45) is 0 Å². The Bertz CT molecular complexity index is 867. The third-order valence-corrected chi connectivity index (χ3v) is 5.93. The Morgan fingerprint density at radius 2 is 1.32 bits per heavy atom. The third kappa shape index (κ3) is 5.95. The van der Waals surface area contributed by atoms with Gasteiger partial charge < -0.3 is 9.84 Å². The number of hydrogen-bond donors (Lipinski definition) is 1. The fourth-order valence-corrected chi connectivity index (χ4v) is 4.27. The molecule has 162 valence electrons. The average molecular weight is 417 g/mol. The summed E-state index contributed by atoms with van der Waals surface area (Å²) in [7, 11) is 0. The van der Waals surface area contributed by atoms with Gasteiger partial charge in [0, 0.05) is 32.7 Å². The smallest absolute Gasteiger partial charge is 0.119 e. The SMILES string of the molecule is Cc1ccc(OCC(O)CN2CCN(C(c3ccccc3)c3ccccc3)CC2)cc1. The summed E-state index contributed by atoms with van der Waals surface area (Å²) < 4.78 is 5.75. The Kier molecular flexibility index (Phi) is 7.36. The normalized spacial score (nSPS) is 16.4. The molecule has 4 heteroatoms. The van der Waals surface area contributed by atoms with E-state index in [0.717, 1.165) is 31.9 Å². The molecule has 1 atom stereocenters. The van der Waals surface area contributed by atoms with Crippen molar-refractivity contribution in [2.45, 2.75) is 19.1 Å². The van der Waals surface area contributed by atoms with Crippen LogP contribution in [0.2, 0.25) is 0 Å². The van der Waals surface area contributed by atoms with Gasteiger partial charge in [-0.3, -0.25) is 9.80 Å². The predicted molar refractivity (Wildman–Crippen MR) is 125 cm³/mol. The van der Waals surface area contributed by atoms with E-state index in [1.165, 1.54) is 16.7 Å². The van der Waals surface area contributed by atoms with Crippen molar-refractivity contribution < 1.29 is 9.84 Å². The maximum atomic E-state index is 10.5. The molecular weight excluding hydrogens is 384 g/mol. The topological polar surface area (TPSA) is 35.9 Å². The van der Waals surface area contributed by atoms with Crippen molar-refractivity contribution in [1.29, 1.82) is 0 Å². The molecule has 1 N–H and O–H groups in total. The molecule has 0 aromatic heterocycles. The number of rotatable bonds is 8. The van der Waals surface area contributed by atoms with Crippen LogP contribution in [0.25, 0.3) is 0 Å². The van der Waals surface area contributed by atoms with Gasteiger partial charge in [-0.1, -0.05) is 78.4 Å².